The van der Waals surface area contributed by atoms with E-state index in [-0.39, 0.29) is 13.2 Å². The van der Waals surface area contributed by atoms with Gasteiger partial charge in [-0.1, -0.05) is 41.4 Å². The van der Waals surface area contributed by atoms with E-state index in [1.165, 1.54) is 4.57 Å². The van der Waals surface area contributed by atoms with E-state index in [0.717, 1.165) is 4.57 Å². The molecule has 0 aliphatic heterocycles. The van der Waals surface area contributed by atoms with Gasteiger partial charge in [-0.2, -0.15) is 0 Å². The van der Waals surface area contributed by atoms with Gasteiger partial charge in [0.15, 0.2) is 0 Å². The van der Waals surface area contributed by atoms with Gasteiger partial charge in [0.25, 0.3) is 5.56 Å². The van der Waals surface area contributed by atoms with Crippen LogP contribution in [0.4, 0.5) is 0 Å². The second-order valence-electron chi connectivity index (χ2n) is 5.82. The second-order valence-corrected chi connectivity index (χ2v) is 6.66. The van der Waals surface area contributed by atoms with Crippen molar-refractivity contribution < 1.29 is 9.53 Å². The number of rotatable bonds is 5. The summed E-state index contributed by atoms with van der Waals surface area (Å²) >= 11 is 12.2. The van der Waals surface area contributed by atoms with Crippen molar-refractivity contribution in [3.05, 3.63) is 78.9 Å². The topological polar surface area (TPSA) is 70.3 Å². The van der Waals surface area contributed by atoms with Crippen molar-refractivity contribution in [2.24, 2.45) is 0 Å². The van der Waals surface area contributed by atoms with Crippen LogP contribution in [-0.4, -0.2) is 21.7 Å². The van der Waals surface area contributed by atoms with E-state index in [4.69, 9.17) is 27.9 Å². The second kappa shape index (κ2) is 7.98. The van der Waals surface area contributed by atoms with Crippen LogP contribution in [-0.2, 0) is 22.6 Å². The van der Waals surface area contributed by atoms with Gasteiger partial charge in [-0.25, -0.2) is 9.36 Å². The molecule has 0 aliphatic rings. The van der Waals surface area contributed by atoms with Gasteiger partial charge >= 0.3 is 11.7 Å². The highest BCUT2D eigenvalue weighted by molar-refractivity contribution is 6.35. The minimum atomic E-state index is -0.650. The predicted octanol–water partition coefficient (Wildman–Crippen LogP) is 3.08. The van der Waals surface area contributed by atoms with Gasteiger partial charge < -0.3 is 4.74 Å². The van der Waals surface area contributed by atoms with Crippen LogP contribution in [0.25, 0.3) is 10.9 Å². The summed E-state index contributed by atoms with van der Waals surface area (Å²) in [7, 11) is 0. The van der Waals surface area contributed by atoms with Crippen LogP contribution < -0.4 is 11.2 Å². The van der Waals surface area contributed by atoms with E-state index >= 15 is 0 Å². The molecule has 0 bridgehead atoms. The SMILES string of the molecule is CCOC(=O)Cn1c(=O)c2ccccc2n(Cc2ccc(Cl)cc2Cl)c1=O. The Morgan fingerprint density at radius 2 is 1.81 bits per heavy atom. The lowest BCUT2D eigenvalue weighted by atomic mass is 10.2. The van der Waals surface area contributed by atoms with Crippen LogP contribution in [0.2, 0.25) is 10.0 Å². The standard InChI is InChI=1S/C19H16Cl2N2O4/c1-2-27-17(24)11-23-18(25)14-5-3-4-6-16(14)22(19(23)26)10-12-7-8-13(20)9-15(12)21/h3-9H,2,10-11H2,1H3. The van der Waals surface area contributed by atoms with Crippen molar-refractivity contribution in [2.45, 2.75) is 20.0 Å². The molecule has 0 saturated heterocycles. The molecule has 0 saturated carbocycles. The summed E-state index contributed by atoms with van der Waals surface area (Å²) in [4.78, 5) is 37.5. The van der Waals surface area contributed by atoms with Gasteiger partial charge in [0.05, 0.1) is 24.1 Å². The fraction of sp³-hybridized carbons (Fsp3) is 0.211. The summed E-state index contributed by atoms with van der Waals surface area (Å²) < 4.78 is 7.16. The molecule has 6 nitrogen and oxygen atoms in total. The zero-order valence-corrected chi connectivity index (χ0v) is 16.0. The molecular weight excluding hydrogens is 391 g/mol. The van der Waals surface area contributed by atoms with Gasteiger partial charge in [-0.05, 0) is 36.8 Å². The monoisotopic (exact) mass is 406 g/mol. The van der Waals surface area contributed by atoms with Crippen LogP contribution in [0.5, 0.6) is 0 Å². The Hall–Kier alpha value is -2.57. The maximum atomic E-state index is 13.0. The first kappa shape index (κ1) is 19.2. The fourth-order valence-corrected chi connectivity index (χ4v) is 3.29. The number of hydrogen-bond donors (Lipinski definition) is 0. The Balaban J connectivity index is 2.20. The van der Waals surface area contributed by atoms with E-state index in [9.17, 15) is 14.4 Å². The smallest absolute Gasteiger partial charge is 0.332 e. The number of fused-ring (bicyclic) bond motifs is 1. The molecule has 27 heavy (non-hydrogen) atoms. The number of aromatic nitrogens is 2. The zero-order chi connectivity index (χ0) is 19.6. The third-order valence-corrected chi connectivity index (χ3v) is 4.66. The van der Waals surface area contributed by atoms with E-state index in [1.807, 2.05) is 0 Å². The molecule has 0 N–H and O–H groups in total. The largest absolute Gasteiger partial charge is 0.465 e. The van der Waals surface area contributed by atoms with E-state index in [1.54, 1.807) is 49.4 Å². The fourth-order valence-electron chi connectivity index (χ4n) is 2.82. The predicted molar refractivity (Wildman–Crippen MR) is 105 cm³/mol. The van der Waals surface area contributed by atoms with Crippen molar-refractivity contribution >= 4 is 40.1 Å². The van der Waals surface area contributed by atoms with Crippen molar-refractivity contribution in [1.82, 2.24) is 9.13 Å². The summed E-state index contributed by atoms with van der Waals surface area (Å²) in [5.74, 6) is -0.650. The van der Waals surface area contributed by atoms with Crippen LogP contribution >= 0.6 is 23.2 Å². The lowest BCUT2D eigenvalue weighted by Crippen LogP contribution is -2.42. The Labute approximate surface area is 164 Å². The zero-order valence-electron chi connectivity index (χ0n) is 14.4. The van der Waals surface area contributed by atoms with E-state index in [0.29, 0.717) is 26.5 Å². The molecule has 140 valence electrons. The van der Waals surface area contributed by atoms with Gasteiger partial charge in [0.1, 0.15) is 6.54 Å². The molecule has 1 aromatic heterocycles. The van der Waals surface area contributed by atoms with E-state index < -0.39 is 23.8 Å². The summed E-state index contributed by atoms with van der Waals surface area (Å²) in [6.07, 6.45) is 0. The Morgan fingerprint density at radius 1 is 1.07 bits per heavy atom. The summed E-state index contributed by atoms with van der Waals surface area (Å²) in [5.41, 5.74) is -0.0341. The molecule has 2 aromatic carbocycles. The number of esters is 1. The average Bonchev–Trinajstić information content (AvgIpc) is 2.64. The molecule has 0 amide bonds. The van der Waals surface area contributed by atoms with Crippen LogP contribution in [0.3, 0.4) is 0 Å². The molecule has 0 spiro atoms. The molecule has 0 fully saturated rings. The number of carbonyl (C=O) groups excluding carboxylic acids is 1. The summed E-state index contributed by atoms with van der Waals surface area (Å²) in [6, 6.07) is 11.7. The highest BCUT2D eigenvalue weighted by atomic mass is 35.5. The number of nitrogens with zero attached hydrogens (tertiary/aromatic N) is 2. The lowest BCUT2D eigenvalue weighted by molar-refractivity contribution is -0.143. The number of carbonyl (C=O) groups is 1. The number of para-hydroxylation sites is 1. The van der Waals surface area contributed by atoms with Gasteiger partial charge in [-0.15, -0.1) is 0 Å². The molecular formula is C19H16Cl2N2O4. The minimum absolute atomic E-state index is 0.123. The van der Waals surface area contributed by atoms with Crippen LogP contribution in [0, 0.1) is 0 Å². The summed E-state index contributed by atoms with van der Waals surface area (Å²) in [5, 5.41) is 1.21. The molecule has 3 rings (SSSR count). The third-order valence-electron chi connectivity index (χ3n) is 4.07. The molecule has 0 radical (unpaired) electrons. The first-order valence-corrected chi connectivity index (χ1v) is 9.00. The normalized spacial score (nSPS) is 10.9. The lowest BCUT2D eigenvalue weighted by Gasteiger charge is -2.14. The number of ether oxygens (including phenoxy) is 1. The number of benzene rings is 2. The van der Waals surface area contributed by atoms with Gasteiger partial charge in [-0.3, -0.25) is 14.2 Å². The average molecular weight is 407 g/mol. The molecule has 3 aromatic rings. The first-order chi connectivity index (χ1) is 12.9. The van der Waals surface area contributed by atoms with Gasteiger partial charge in [0, 0.05) is 10.0 Å². The van der Waals surface area contributed by atoms with Crippen molar-refractivity contribution in [1.29, 1.82) is 0 Å². The Bertz CT molecular complexity index is 1130. The number of halogens is 2. The third kappa shape index (κ3) is 3.91. The minimum Gasteiger partial charge on any atom is -0.465 e. The molecule has 0 atom stereocenters. The molecule has 1 heterocycles. The van der Waals surface area contributed by atoms with Crippen molar-refractivity contribution in [3.8, 4) is 0 Å². The molecule has 8 heteroatoms. The van der Waals surface area contributed by atoms with Crippen molar-refractivity contribution in [3.63, 3.8) is 0 Å². The maximum Gasteiger partial charge on any atom is 0.332 e. The van der Waals surface area contributed by atoms with E-state index in [2.05, 4.69) is 0 Å². The maximum absolute atomic E-state index is 13.0. The Kier molecular flexibility index (Phi) is 5.68. The Morgan fingerprint density at radius 3 is 2.52 bits per heavy atom. The van der Waals surface area contributed by atoms with Crippen LogP contribution in [0.15, 0.2) is 52.1 Å². The van der Waals surface area contributed by atoms with Crippen molar-refractivity contribution in [2.75, 3.05) is 6.61 Å². The molecule has 0 aliphatic carbocycles. The molecule has 0 unspecified atom stereocenters. The quantitative estimate of drug-likeness (QED) is 0.610. The first-order valence-electron chi connectivity index (χ1n) is 8.24. The van der Waals surface area contributed by atoms with Gasteiger partial charge in [0.2, 0.25) is 0 Å². The highest BCUT2D eigenvalue weighted by Crippen LogP contribution is 2.22. The number of hydrogen-bond acceptors (Lipinski definition) is 4. The summed E-state index contributed by atoms with van der Waals surface area (Å²) in [6.45, 7) is 1.49. The highest BCUT2D eigenvalue weighted by Gasteiger charge is 2.16. The van der Waals surface area contributed by atoms with Crippen LogP contribution in [0.1, 0.15) is 12.5 Å².